The first kappa shape index (κ1) is 18.3. The lowest BCUT2D eigenvalue weighted by Crippen LogP contribution is -2.31. The van der Waals surface area contributed by atoms with Crippen molar-refractivity contribution in [2.75, 3.05) is 5.75 Å². The van der Waals surface area contributed by atoms with Gasteiger partial charge in [-0.1, -0.05) is 30.4 Å². The van der Waals surface area contributed by atoms with Crippen LogP contribution in [0.15, 0.2) is 47.4 Å². The van der Waals surface area contributed by atoms with E-state index in [2.05, 4.69) is 12.2 Å². The standard InChI is InChI=1S/C20H26O4S/c21-20(22)11-7-2-1-6-10-16-17(19-13-12-18(16)24-19)14-25(23)15-8-4-3-5-9-15/h1,3-6,8-9,16-19H,2,7,10-14H2,(H,21,22)/t16-,17-,18-,19+,25?/m1/s1. The van der Waals surface area contributed by atoms with E-state index in [4.69, 9.17) is 9.84 Å². The van der Waals surface area contributed by atoms with Gasteiger partial charge in [0, 0.05) is 23.0 Å². The molecule has 0 aromatic heterocycles. The highest BCUT2D eigenvalue weighted by Gasteiger charge is 2.48. The van der Waals surface area contributed by atoms with Gasteiger partial charge < -0.3 is 9.84 Å². The topological polar surface area (TPSA) is 63.6 Å². The zero-order chi connectivity index (χ0) is 17.6. The number of fused-ring (bicyclic) bond motifs is 2. The number of carboxylic acid groups (broad SMARTS) is 1. The molecule has 0 radical (unpaired) electrons. The molecule has 2 aliphatic heterocycles. The molecule has 136 valence electrons. The summed E-state index contributed by atoms with van der Waals surface area (Å²) in [6.07, 6.45) is 9.63. The van der Waals surface area contributed by atoms with E-state index in [-0.39, 0.29) is 12.5 Å². The second-order valence-electron chi connectivity index (χ2n) is 6.94. The minimum atomic E-state index is -0.981. The van der Waals surface area contributed by atoms with Crippen molar-refractivity contribution in [2.45, 2.75) is 55.6 Å². The maximum absolute atomic E-state index is 12.7. The van der Waals surface area contributed by atoms with Crippen molar-refractivity contribution in [1.82, 2.24) is 0 Å². The molecule has 2 fully saturated rings. The molecule has 1 aromatic carbocycles. The Balaban J connectivity index is 1.54. The summed E-state index contributed by atoms with van der Waals surface area (Å²) >= 11 is 0. The number of ether oxygens (including phenoxy) is 1. The number of rotatable bonds is 9. The van der Waals surface area contributed by atoms with E-state index < -0.39 is 16.8 Å². The number of carboxylic acids is 1. The molecule has 25 heavy (non-hydrogen) atoms. The molecule has 5 atom stereocenters. The monoisotopic (exact) mass is 362 g/mol. The van der Waals surface area contributed by atoms with Gasteiger partial charge in [0.15, 0.2) is 0 Å². The van der Waals surface area contributed by atoms with E-state index >= 15 is 0 Å². The molecule has 1 aromatic rings. The first-order valence-corrected chi connectivity index (χ1v) is 10.4. The highest BCUT2D eigenvalue weighted by atomic mass is 32.2. The summed E-state index contributed by atoms with van der Waals surface area (Å²) in [6.45, 7) is 0. The number of hydrogen-bond acceptors (Lipinski definition) is 3. The highest BCUT2D eigenvalue weighted by Crippen LogP contribution is 2.45. The van der Waals surface area contributed by atoms with Crippen molar-refractivity contribution in [2.24, 2.45) is 11.8 Å². The number of hydrogen-bond donors (Lipinski definition) is 1. The van der Waals surface area contributed by atoms with Gasteiger partial charge in [-0.25, -0.2) is 0 Å². The zero-order valence-corrected chi connectivity index (χ0v) is 15.2. The predicted molar refractivity (Wildman–Crippen MR) is 97.8 cm³/mol. The van der Waals surface area contributed by atoms with Gasteiger partial charge in [0.2, 0.25) is 0 Å². The van der Waals surface area contributed by atoms with Gasteiger partial charge in [0.1, 0.15) is 0 Å². The summed E-state index contributed by atoms with van der Waals surface area (Å²) in [5.41, 5.74) is 0. The molecule has 0 aliphatic carbocycles. The largest absolute Gasteiger partial charge is 0.481 e. The van der Waals surface area contributed by atoms with Crippen LogP contribution in [-0.4, -0.2) is 33.2 Å². The van der Waals surface area contributed by atoms with Crippen LogP contribution < -0.4 is 0 Å². The quantitative estimate of drug-likeness (QED) is 0.536. The summed E-state index contributed by atoms with van der Waals surface area (Å²) in [7, 11) is -0.981. The van der Waals surface area contributed by atoms with Crippen LogP contribution in [0, 0.1) is 11.8 Å². The lowest BCUT2D eigenvalue weighted by atomic mass is 9.78. The van der Waals surface area contributed by atoms with Gasteiger partial charge in [-0.15, -0.1) is 0 Å². The van der Waals surface area contributed by atoms with E-state index in [0.717, 1.165) is 30.6 Å². The molecule has 2 heterocycles. The first-order chi connectivity index (χ1) is 12.1. The third-order valence-electron chi connectivity index (χ3n) is 5.28. The second-order valence-corrected chi connectivity index (χ2v) is 8.43. The van der Waals surface area contributed by atoms with Gasteiger partial charge >= 0.3 is 5.97 Å². The van der Waals surface area contributed by atoms with E-state index in [1.807, 2.05) is 30.3 Å². The molecule has 2 saturated heterocycles. The minimum Gasteiger partial charge on any atom is -0.481 e. The third-order valence-corrected chi connectivity index (χ3v) is 6.76. The van der Waals surface area contributed by atoms with Gasteiger partial charge in [-0.05, 0) is 50.2 Å². The normalized spacial score (nSPS) is 29.3. The van der Waals surface area contributed by atoms with Crippen LogP contribution in [-0.2, 0) is 20.3 Å². The molecular weight excluding hydrogens is 336 g/mol. The lowest BCUT2D eigenvalue weighted by Gasteiger charge is -2.26. The molecule has 0 amide bonds. The van der Waals surface area contributed by atoms with Crippen molar-refractivity contribution in [3.8, 4) is 0 Å². The number of benzene rings is 1. The molecule has 0 saturated carbocycles. The fourth-order valence-corrected chi connectivity index (χ4v) is 5.48. The Bertz CT molecular complexity index is 628. The van der Waals surface area contributed by atoms with Gasteiger partial charge in [-0.2, -0.15) is 0 Å². The number of aliphatic carboxylic acids is 1. The summed E-state index contributed by atoms with van der Waals surface area (Å²) < 4.78 is 18.8. The highest BCUT2D eigenvalue weighted by molar-refractivity contribution is 7.85. The van der Waals surface area contributed by atoms with E-state index in [1.165, 1.54) is 0 Å². The molecule has 0 spiro atoms. The van der Waals surface area contributed by atoms with E-state index in [0.29, 0.717) is 30.1 Å². The van der Waals surface area contributed by atoms with Crippen LogP contribution in [0.25, 0.3) is 0 Å². The average Bonchev–Trinajstić information content (AvgIpc) is 3.21. The van der Waals surface area contributed by atoms with Crippen LogP contribution in [0.2, 0.25) is 0 Å². The van der Waals surface area contributed by atoms with Gasteiger partial charge in [-0.3, -0.25) is 9.00 Å². The smallest absolute Gasteiger partial charge is 0.303 e. The molecular formula is C20H26O4S. The van der Waals surface area contributed by atoms with Crippen LogP contribution in [0.3, 0.4) is 0 Å². The fraction of sp³-hybridized carbons (Fsp3) is 0.550. The molecule has 2 aliphatic rings. The summed E-state index contributed by atoms with van der Waals surface area (Å²) in [5, 5.41) is 8.66. The Morgan fingerprint density at radius 2 is 1.88 bits per heavy atom. The number of carbonyl (C=O) groups is 1. The third kappa shape index (κ3) is 4.79. The molecule has 1 unspecified atom stereocenters. The summed E-state index contributed by atoms with van der Waals surface area (Å²) in [5.74, 6) is 0.715. The van der Waals surface area contributed by atoms with Crippen molar-refractivity contribution < 1.29 is 18.8 Å². The molecule has 4 nitrogen and oxygen atoms in total. The van der Waals surface area contributed by atoms with Crippen molar-refractivity contribution >= 4 is 16.8 Å². The van der Waals surface area contributed by atoms with E-state index in [9.17, 15) is 9.00 Å². The molecule has 1 N–H and O–H groups in total. The molecule has 3 rings (SSSR count). The first-order valence-electron chi connectivity index (χ1n) is 9.11. The van der Waals surface area contributed by atoms with E-state index in [1.54, 1.807) is 0 Å². The van der Waals surface area contributed by atoms with Crippen LogP contribution in [0.5, 0.6) is 0 Å². The maximum Gasteiger partial charge on any atom is 0.303 e. The second kappa shape index (κ2) is 8.77. The average molecular weight is 362 g/mol. The Hall–Kier alpha value is -1.46. The van der Waals surface area contributed by atoms with Crippen molar-refractivity contribution in [3.05, 3.63) is 42.5 Å². The number of allylic oxidation sites excluding steroid dienone is 2. The zero-order valence-electron chi connectivity index (χ0n) is 14.4. The summed E-state index contributed by atoms with van der Waals surface area (Å²) in [4.78, 5) is 11.4. The van der Waals surface area contributed by atoms with Crippen molar-refractivity contribution in [1.29, 1.82) is 0 Å². The van der Waals surface area contributed by atoms with Gasteiger partial charge in [0.05, 0.1) is 23.0 Å². The van der Waals surface area contributed by atoms with Crippen molar-refractivity contribution in [3.63, 3.8) is 0 Å². The Morgan fingerprint density at radius 1 is 1.16 bits per heavy atom. The predicted octanol–water partition coefficient (Wildman–Crippen LogP) is 3.79. The molecule has 2 bridgehead atoms. The van der Waals surface area contributed by atoms with Crippen LogP contribution >= 0.6 is 0 Å². The minimum absolute atomic E-state index is 0.222. The van der Waals surface area contributed by atoms with Gasteiger partial charge in [0.25, 0.3) is 0 Å². The Kier molecular flexibility index (Phi) is 6.43. The maximum atomic E-state index is 12.7. The summed E-state index contributed by atoms with van der Waals surface area (Å²) in [6, 6.07) is 9.67. The van der Waals surface area contributed by atoms with Crippen LogP contribution in [0.4, 0.5) is 0 Å². The number of unbranched alkanes of at least 4 members (excludes halogenated alkanes) is 1. The Morgan fingerprint density at radius 3 is 2.60 bits per heavy atom. The fourth-order valence-electron chi connectivity index (χ4n) is 4.01. The van der Waals surface area contributed by atoms with Crippen LogP contribution in [0.1, 0.15) is 38.5 Å². The molecule has 5 heteroatoms. The Labute approximate surface area is 151 Å². The lowest BCUT2D eigenvalue weighted by molar-refractivity contribution is -0.137. The SMILES string of the molecule is O=C(O)CCCC=CC[C@@H]1[C@@H](CS(=O)c2ccccc2)[C@@H]2CC[C@H]1O2.